The van der Waals surface area contributed by atoms with Gasteiger partial charge in [-0.3, -0.25) is 14.9 Å². The summed E-state index contributed by atoms with van der Waals surface area (Å²) in [6, 6.07) is 10.1. The summed E-state index contributed by atoms with van der Waals surface area (Å²) in [5.74, 6) is 0. The third-order valence-electron chi connectivity index (χ3n) is 4.81. The molecule has 0 radical (unpaired) electrons. The van der Waals surface area contributed by atoms with Crippen LogP contribution >= 0.6 is 24.8 Å². The molecule has 4 N–H and O–H groups in total. The maximum atomic E-state index is 13.0. The molecule has 8 nitrogen and oxygen atoms in total. The lowest BCUT2D eigenvalue weighted by Gasteiger charge is -2.16. The van der Waals surface area contributed by atoms with Gasteiger partial charge in [0.1, 0.15) is 5.52 Å². The zero-order valence-electron chi connectivity index (χ0n) is 16.7. The summed E-state index contributed by atoms with van der Waals surface area (Å²) < 4.78 is 0. The molecule has 0 aliphatic carbocycles. The molecule has 0 atom stereocenters. The largest absolute Gasteiger partial charge is 0.384 e. The van der Waals surface area contributed by atoms with E-state index in [1.807, 2.05) is 7.05 Å². The molecule has 0 saturated carbocycles. The molecule has 0 spiro atoms. The van der Waals surface area contributed by atoms with Gasteiger partial charge in [0.25, 0.3) is 5.69 Å². The van der Waals surface area contributed by atoms with E-state index in [-0.39, 0.29) is 41.4 Å². The van der Waals surface area contributed by atoms with Crippen LogP contribution in [0.25, 0.3) is 21.8 Å². The van der Waals surface area contributed by atoms with Crippen LogP contribution in [0.3, 0.4) is 0 Å². The second-order valence-electron chi connectivity index (χ2n) is 6.86. The predicted octanol–water partition coefficient (Wildman–Crippen LogP) is 3.52. The van der Waals surface area contributed by atoms with Crippen LogP contribution in [-0.4, -0.2) is 48.0 Å². The number of aromatic amines is 1. The zero-order valence-corrected chi connectivity index (χ0v) is 18.4. The number of hydrogen-bond donors (Lipinski definition) is 3. The van der Waals surface area contributed by atoms with Crippen molar-refractivity contribution < 1.29 is 4.92 Å². The molecule has 0 unspecified atom stereocenters. The van der Waals surface area contributed by atoms with Crippen LogP contribution in [0.5, 0.6) is 0 Å². The molecule has 2 aromatic carbocycles. The van der Waals surface area contributed by atoms with Gasteiger partial charge >= 0.3 is 0 Å². The van der Waals surface area contributed by atoms with Gasteiger partial charge in [-0.25, -0.2) is 0 Å². The van der Waals surface area contributed by atoms with E-state index in [4.69, 9.17) is 5.73 Å². The number of non-ortho nitro benzene ring substituents is 1. The number of benzene rings is 2. The van der Waals surface area contributed by atoms with Crippen molar-refractivity contribution in [3.63, 3.8) is 0 Å². The van der Waals surface area contributed by atoms with E-state index < -0.39 is 4.92 Å². The minimum Gasteiger partial charge on any atom is -0.384 e. The maximum Gasteiger partial charge on any atom is 0.293 e. The Labute approximate surface area is 186 Å². The predicted molar refractivity (Wildman–Crippen MR) is 128 cm³/mol. The van der Waals surface area contributed by atoms with Gasteiger partial charge in [0.15, 0.2) is 5.43 Å². The van der Waals surface area contributed by atoms with Gasteiger partial charge in [-0.05, 0) is 57.7 Å². The molecule has 10 heteroatoms. The smallest absolute Gasteiger partial charge is 0.293 e. The van der Waals surface area contributed by atoms with Crippen LogP contribution in [-0.2, 0) is 0 Å². The number of nitro benzene ring substituents is 1. The Morgan fingerprint density at radius 3 is 2.53 bits per heavy atom. The standard InChI is InChI=1S/C20H25N5O3.2ClH/c1-24(12-4-10-21)13-5-11-22-16-8-9-17(25(27)28)19-18(16)20(26)14-6-2-3-7-15(14)23-19;;/h2-3,6-9,22H,4-5,10-13,21H2,1H3,(H,23,26);2*1H. The zero-order chi connectivity index (χ0) is 20.1. The maximum absolute atomic E-state index is 13.0. The molecule has 3 rings (SSSR count). The van der Waals surface area contributed by atoms with E-state index in [2.05, 4.69) is 15.2 Å². The fourth-order valence-electron chi connectivity index (χ4n) is 3.36. The van der Waals surface area contributed by atoms with Crippen molar-refractivity contribution in [2.75, 3.05) is 38.5 Å². The fraction of sp³-hybridized carbons (Fsp3) is 0.350. The molecule has 0 saturated heterocycles. The van der Waals surface area contributed by atoms with Crippen LogP contribution in [0, 0.1) is 10.1 Å². The van der Waals surface area contributed by atoms with E-state index in [0.717, 1.165) is 25.9 Å². The lowest BCUT2D eigenvalue weighted by molar-refractivity contribution is -0.383. The summed E-state index contributed by atoms with van der Waals surface area (Å²) >= 11 is 0. The third-order valence-corrected chi connectivity index (χ3v) is 4.81. The number of anilines is 1. The topological polar surface area (TPSA) is 117 Å². The SMILES string of the molecule is CN(CCCN)CCCNc1ccc([N+](=O)[O-])c2[nH]c3ccccc3c(=O)c12.Cl.Cl. The third kappa shape index (κ3) is 5.60. The Morgan fingerprint density at radius 2 is 1.83 bits per heavy atom. The summed E-state index contributed by atoms with van der Waals surface area (Å²) in [5.41, 5.74) is 6.65. The van der Waals surface area contributed by atoms with Crippen LogP contribution in [0.15, 0.2) is 41.2 Å². The molecular formula is C20H27Cl2N5O3. The Hall–Kier alpha value is -2.39. The van der Waals surface area contributed by atoms with Crippen LogP contribution in [0.2, 0.25) is 0 Å². The first-order valence-corrected chi connectivity index (χ1v) is 9.37. The molecule has 1 heterocycles. The van der Waals surface area contributed by atoms with Gasteiger partial charge < -0.3 is 20.9 Å². The highest BCUT2D eigenvalue weighted by molar-refractivity contribution is 6.03. The highest BCUT2D eigenvalue weighted by atomic mass is 35.5. The number of nitro groups is 1. The van der Waals surface area contributed by atoms with Crippen molar-refractivity contribution in [3.05, 3.63) is 56.7 Å². The van der Waals surface area contributed by atoms with E-state index in [1.54, 1.807) is 30.3 Å². The minimum atomic E-state index is -0.469. The summed E-state index contributed by atoms with van der Waals surface area (Å²) in [4.78, 5) is 29.3. The number of rotatable bonds is 9. The number of nitrogens with one attached hydrogen (secondary N) is 2. The van der Waals surface area contributed by atoms with Crippen LogP contribution < -0.4 is 16.5 Å². The number of halogens is 2. The Balaban J connectivity index is 0.00000225. The molecule has 164 valence electrons. The monoisotopic (exact) mass is 455 g/mol. The summed E-state index contributed by atoms with van der Waals surface area (Å²) in [5, 5.41) is 15.6. The molecule has 0 amide bonds. The number of nitrogens with zero attached hydrogens (tertiary/aromatic N) is 2. The van der Waals surface area contributed by atoms with Gasteiger partial charge in [-0.15, -0.1) is 24.8 Å². The summed E-state index contributed by atoms with van der Waals surface area (Å²) in [6.45, 7) is 3.18. The van der Waals surface area contributed by atoms with Crippen molar-refractivity contribution in [3.8, 4) is 0 Å². The number of hydrogen-bond acceptors (Lipinski definition) is 6. The van der Waals surface area contributed by atoms with Crippen molar-refractivity contribution in [1.29, 1.82) is 0 Å². The number of pyridine rings is 1. The van der Waals surface area contributed by atoms with Crippen molar-refractivity contribution in [2.45, 2.75) is 12.8 Å². The van der Waals surface area contributed by atoms with Crippen molar-refractivity contribution in [2.24, 2.45) is 5.73 Å². The number of nitrogens with two attached hydrogens (primary N) is 1. The number of H-pyrrole nitrogens is 1. The van der Waals surface area contributed by atoms with E-state index in [0.29, 0.717) is 35.1 Å². The van der Waals surface area contributed by atoms with Crippen molar-refractivity contribution in [1.82, 2.24) is 9.88 Å². The average Bonchev–Trinajstić information content (AvgIpc) is 2.69. The van der Waals surface area contributed by atoms with Crippen LogP contribution in [0.4, 0.5) is 11.4 Å². The van der Waals surface area contributed by atoms with Gasteiger partial charge in [0.2, 0.25) is 0 Å². The molecule has 1 aromatic heterocycles. The fourth-order valence-corrected chi connectivity index (χ4v) is 3.36. The minimum absolute atomic E-state index is 0. The first-order valence-electron chi connectivity index (χ1n) is 9.37. The Kier molecular flexibility index (Phi) is 10.0. The van der Waals surface area contributed by atoms with E-state index in [1.165, 1.54) is 6.07 Å². The lowest BCUT2D eigenvalue weighted by atomic mass is 10.1. The first kappa shape index (κ1) is 25.6. The molecule has 0 fully saturated rings. The number of para-hydroxylation sites is 1. The number of aromatic nitrogens is 1. The van der Waals surface area contributed by atoms with Gasteiger partial charge in [0, 0.05) is 29.2 Å². The van der Waals surface area contributed by atoms with Gasteiger partial charge in [0.05, 0.1) is 10.3 Å². The molecule has 0 aliphatic rings. The van der Waals surface area contributed by atoms with Crippen LogP contribution in [0.1, 0.15) is 12.8 Å². The summed E-state index contributed by atoms with van der Waals surface area (Å²) in [6.07, 6.45) is 1.84. The van der Waals surface area contributed by atoms with E-state index >= 15 is 0 Å². The van der Waals surface area contributed by atoms with E-state index in [9.17, 15) is 14.9 Å². The van der Waals surface area contributed by atoms with Gasteiger partial charge in [-0.1, -0.05) is 12.1 Å². The van der Waals surface area contributed by atoms with Gasteiger partial charge in [-0.2, -0.15) is 0 Å². The second-order valence-corrected chi connectivity index (χ2v) is 6.86. The second kappa shape index (κ2) is 11.7. The average molecular weight is 456 g/mol. The molecule has 3 aromatic rings. The molecule has 0 aliphatic heterocycles. The Bertz CT molecular complexity index is 1060. The number of fused-ring (bicyclic) bond motifs is 2. The molecule has 30 heavy (non-hydrogen) atoms. The Morgan fingerprint density at radius 1 is 1.13 bits per heavy atom. The quantitative estimate of drug-likeness (QED) is 0.196. The van der Waals surface area contributed by atoms with Crippen molar-refractivity contribution >= 4 is 58.0 Å². The first-order chi connectivity index (χ1) is 13.5. The lowest BCUT2D eigenvalue weighted by Crippen LogP contribution is -2.24. The highest BCUT2D eigenvalue weighted by Gasteiger charge is 2.19. The summed E-state index contributed by atoms with van der Waals surface area (Å²) in [7, 11) is 2.05. The molecular weight excluding hydrogens is 429 g/mol. The normalized spacial score (nSPS) is 10.6. The highest BCUT2D eigenvalue weighted by Crippen LogP contribution is 2.29. The molecule has 0 bridgehead atoms.